The van der Waals surface area contributed by atoms with Crippen molar-refractivity contribution in [3.8, 4) is 0 Å². The van der Waals surface area contributed by atoms with E-state index < -0.39 is 0 Å². The fourth-order valence-electron chi connectivity index (χ4n) is 3.83. The van der Waals surface area contributed by atoms with Crippen LogP contribution in [-0.2, 0) is 0 Å². The Morgan fingerprint density at radius 3 is 2.68 bits per heavy atom. The number of rotatable bonds is 2. The van der Waals surface area contributed by atoms with Gasteiger partial charge in [0.15, 0.2) is 0 Å². The monoisotopic (exact) mass is 281 g/mol. The van der Waals surface area contributed by atoms with Crippen LogP contribution < -0.4 is 5.32 Å². The Balaban J connectivity index is 1.65. The maximum atomic E-state index is 13.3. The van der Waals surface area contributed by atoms with Crippen molar-refractivity contribution in [2.24, 2.45) is 11.8 Å². The molecule has 3 unspecified atom stereocenters. The first kappa shape index (κ1) is 13.2. The van der Waals surface area contributed by atoms with E-state index in [0.29, 0.717) is 11.1 Å². The minimum atomic E-state index is -0.224. The first-order chi connectivity index (χ1) is 9.22. The molecular formula is C16H21ClFN. The molecule has 3 rings (SSSR count). The smallest absolute Gasteiger partial charge is 0.125 e. The van der Waals surface area contributed by atoms with Crippen molar-refractivity contribution >= 4 is 17.3 Å². The van der Waals surface area contributed by atoms with Crippen LogP contribution in [0.2, 0.25) is 5.02 Å². The Kier molecular flexibility index (Phi) is 3.97. The lowest BCUT2D eigenvalue weighted by atomic mass is 9.69. The molecule has 3 heteroatoms. The van der Waals surface area contributed by atoms with E-state index in [1.165, 1.54) is 57.1 Å². The Morgan fingerprint density at radius 1 is 1.05 bits per heavy atom. The van der Waals surface area contributed by atoms with E-state index in [9.17, 15) is 4.39 Å². The third-order valence-electron chi connectivity index (χ3n) is 4.83. The normalized spacial score (nSPS) is 30.7. The van der Waals surface area contributed by atoms with E-state index in [2.05, 4.69) is 5.32 Å². The quantitative estimate of drug-likeness (QED) is 0.781. The van der Waals surface area contributed by atoms with E-state index in [4.69, 9.17) is 11.6 Å². The van der Waals surface area contributed by atoms with Crippen molar-refractivity contribution in [1.29, 1.82) is 0 Å². The topological polar surface area (TPSA) is 12.0 Å². The van der Waals surface area contributed by atoms with Gasteiger partial charge in [0.1, 0.15) is 5.82 Å². The lowest BCUT2D eigenvalue weighted by molar-refractivity contribution is 0.162. The van der Waals surface area contributed by atoms with Crippen LogP contribution in [0.4, 0.5) is 10.1 Å². The highest BCUT2D eigenvalue weighted by Gasteiger charge is 2.32. The van der Waals surface area contributed by atoms with Crippen LogP contribution in [0.1, 0.15) is 44.9 Å². The predicted molar refractivity (Wildman–Crippen MR) is 78.1 cm³/mol. The zero-order chi connectivity index (χ0) is 13.2. The van der Waals surface area contributed by atoms with Gasteiger partial charge in [-0.05, 0) is 49.3 Å². The summed E-state index contributed by atoms with van der Waals surface area (Å²) in [7, 11) is 0. The average Bonchev–Trinajstić information content (AvgIpc) is 2.43. The maximum absolute atomic E-state index is 13.3. The summed E-state index contributed by atoms with van der Waals surface area (Å²) in [5, 5.41) is 4.07. The predicted octanol–water partition coefficient (Wildman–Crippen LogP) is 5.25. The van der Waals surface area contributed by atoms with Gasteiger partial charge >= 0.3 is 0 Å². The number of nitrogens with one attached hydrogen (secondary N) is 1. The minimum absolute atomic E-state index is 0.224. The number of anilines is 1. The van der Waals surface area contributed by atoms with Crippen LogP contribution in [-0.4, -0.2) is 6.04 Å². The van der Waals surface area contributed by atoms with Crippen LogP contribution in [0, 0.1) is 17.7 Å². The van der Waals surface area contributed by atoms with Gasteiger partial charge in [0.05, 0.1) is 10.7 Å². The molecular weight excluding hydrogens is 261 g/mol. The number of halogens is 2. The van der Waals surface area contributed by atoms with Gasteiger partial charge in [-0.3, -0.25) is 0 Å². The molecule has 0 amide bonds. The summed E-state index contributed by atoms with van der Waals surface area (Å²) in [4.78, 5) is 0. The third-order valence-corrected chi connectivity index (χ3v) is 5.16. The van der Waals surface area contributed by atoms with E-state index in [1.807, 2.05) is 0 Å². The Bertz CT molecular complexity index is 448. The molecule has 0 aliphatic heterocycles. The molecule has 2 saturated carbocycles. The number of hydrogen-bond donors (Lipinski definition) is 1. The Hall–Kier alpha value is -0.760. The summed E-state index contributed by atoms with van der Waals surface area (Å²) in [6, 6.07) is 5.01. The molecule has 0 bridgehead atoms. The number of benzene rings is 1. The summed E-state index contributed by atoms with van der Waals surface area (Å²) >= 11 is 6.12. The van der Waals surface area contributed by atoms with Gasteiger partial charge in [-0.25, -0.2) is 4.39 Å². The molecule has 0 heterocycles. The number of fused-ring (bicyclic) bond motifs is 1. The highest BCUT2D eigenvalue weighted by molar-refractivity contribution is 6.33. The summed E-state index contributed by atoms with van der Waals surface area (Å²) in [6.07, 6.45) is 9.31. The zero-order valence-electron chi connectivity index (χ0n) is 11.2. The molecule has 3 atom stereocenters. The Morgan fingerprint density at radius 2 is 1.84 bits per heavy atom. The summed E-state index contributed by atoms with van der Waals surface area (Å²) < 4.78 is 13.3. The molecule has 0 saturated heterocycles. The van der Waals surface area contributed by atoms with E-state index >= 15 is 0 Å². The highest BCUT2D eigenvalue weighted by Crippen LogP contribution is 2.41. The molecule has 0 spiro atoms. The molecule has 1 aromatic rings. The van der Waals surface area contributed by atoms with E-state index in [0.717, 1.165) is 17.5 Å². The van der Waals surface area contributed by atoms with Crippen molar-refractivity contribution in [1.82, 2.24) is 0 Å². The van der Waals surface area contributed by atoms with Gasteiger partial charge in [-0.1, -0.05) is 37.3 Å². The first-order valence-corrected chi connectivity index (χ1v) is 7.82. The molecule has 19 heavy (non-hydrogen) atoms. The van der Waals surface area contributed by atoms with Crippen molar-refractivity contribution in [3.05, 3.63) is 29.0 Å². The molecule has 2 aliphatic rings. The van der Waals surface area contributed by atoms with E-state index in [1.54, 1.807) is 6.07 Å². The second-order valence-corrected chi connectivity index (χ2v) is 6.49. The highest BCUT2D eigenvalue weighted by atomic mass is 35.5. The molecule has 0 aromatic heterocycles. The van der Waals surface area contributed by atoms with Crippen molar-refractivity contribution in [2.45, 2.75) is 51.0 Å². The average molecular weight is 282 g/mol. The lowest BCUT2D eigenvalue weighted by Gasteiger charge is -2.39. The van der Waals surface area contributed by atoms with Crippen molar-refractivity contribution in [3.63, 3.8) is 0 Å². The third kappa shape index (κ3) is 3.05. The Labute approximate surface area is 119 Å². The van der Waals surface area contributed by atoms with Crippen LogP contribution >= 0.6 is 11.6 Å². The second-order valence-electron chi connectivity index (χ2n) is 6.08. The summed E-state index contributed by atoms with van der Waals surface area (Å²) in [5.41, 5.74) is 0.751. The van der Waals surface area contributed by atoms with Gasteiger partial charge in [-0.2, -0.15) is 0 Å². The molecule has 1 N–H and O–H groups in total. The fraction of sp³-hybridized carbons (Fsp3) is 0.625. The van der Waals surface area contributed by atoms with Gasteiger partial charge in [0.2, 0.25) is 0 Å². The molecule has 1 aromatic carbocycles. The lowest BCUT2D eigenvalue weighted by Crippen LogP contribution is -2.34. The van der Waals surface area contributed by atoms with Gasteiger partial charge in [0.25, 0.3) is 0 Å². The molecule has 104 valence electrons. The molecule has 2 aliphatic carbocycles. The maximum Gasteiger partial charge on any atom is 0.125 e. The zero-order valence-corrected chi connectivity index (χ0v) is 11.9. The van der Waals surface area contributed by atoms with Crippen LogP contribution in [0.15, 0.2) is 18.2 Å². The minimum Gasteiger partial charge on any atom is -0.381 e. The molecule has 1 nitrogen and oxygen atoms in total. The van der Waals surface area contributed by atoms with Gasteiger partial charge in [0, 0.05) is 6.04 Å². The second kappa shape index (κ2) is 5.70. The fourth-order valence-corrected chi connectivity index (χ4v) is 4.00. The van der Waals surface area contributed by atoms with Crippen molar-refractivity contribution < 1.29 is 4.39 Å². The first-order valence-electron chi connectivity index (χ1n) is 7.44. The van der Waals surface area contributed by atoms with Gasteiger partial charge < -0.3 is 5.32 Å². The van der Waals surface area contributed by atoms with Crippen LogP contribution in [0.25, 0.3) is 0 Å². The summed E-state index contributed by atoms with van der Waals surface area (Å²) in [5.74, 6) is 1.58. The van der Waals surface area contributed by atoms with E-state index in [-0.39, 0.29) is 5.82 Å². The SMILES string of the molecule is Fc1ccc(Cl)c(NC2CCC3CCCCC3C2)c1. The van der Waals surface area contributed by atoms with Crippen LogP contribution in [0.5, 0.6) is 0 Å². The largest absolute Gasteiger partial charge is 0.381 e. The van der Waals surface area contributed by atoms with Crippen molar-refractivity contribution in [2.75, 3.05) is 5.32 Å². The van der Waals surface area contributed by atoms with Gasteiger partial charge in [-0.15, -0.1) is 0 Å². The number of hydrogen-bond acceptors (Lipinski definition) is 1. The molecule has 2 fully saturated rings. The van der Waals surface area contributed by atoms with Crippen LogP contribution in [0.3, 0.4) is 0 Å². The standard InChI is InChI=1S/C16H21ClFN/c17-15-8-6-13(18)10-16(15)19-14-7-5-11-3-1-2-4-12(11)9-14/h6,8,10-12,14,19H,1-5,7,9H2. The molecule has 0 radical (unpaired) electrons. The summed E-state index contributed by atoms with van der Waals surface area (Å²) in [6.45, 7) is 0.